The molecule has 0 aliphatic carbocycles. The van der Waals surface area contributed by atoms with Crippen LogP contribution >= 0.6 is 0 Å². The summed E-state index contributed by atoms with van der Waals surface area (Å²) < 4.78 is 19.8. The molecule has 0 bridgehead atoms. The van der Waals surface area contributed by atoms with Gasteiger partial charge >= 0.3 is 11.6 Å². The van der Waals surface area contributed by atoms with E-state index in [1.54, 1.807) is 16.2 Å². The molecule has 2 aromatic carbocycles. The lowest BCUT2D eigenvalue weighted by Crippen LogP contribution is -2.44. The highest BCUT2D eigenvalue weighted by atomic mass is 16.5. The monoisotopic (exact) mass is 543 g/mol. The van der Waals surface area contributed by atoms with Crippen LogP contribution in [0.25, 0.3) is 11.3 Å². The van der Waals surface area contributed by atoms with Crippen LogP contribution in [-0.4, -0.2) is 40.3 Å². The van der Waals surface area contributed by atoms with E-state index in [0.29, 0.717) is 36.6 Å². The number of nitrogens with one attached hydrogen (secondary N) is 1. The number of nitrogens with zero attached hydrogens (tertiary/aromatic N) is 4. The fourth-order valence-electron chi connectivity index (χ4n) is 5.23. The summed E-state index contributed by atoms with van der Waals surface area (Å²) in [6.45, 7) is 9.45. The van der Waals surface area contributed by atoms with Gasteiger partial charge in [-0.1, -0.05) is 17.7 Å². The molecule has 0 saturated carbocycles. The Labute approximate surface area is 231 Å². The Morgan fingerprint density at radius 1 is 1.12 bits per heavy atom. The topological polar surface area (TPSA) is 113 Å². The number of amides is 1. The van der Waals surface area contributed by atoms with E-state index in [4.69, 9.17) is 18.9 Å². The smallest absolute Gasteiger partial charge is 0.330 e. The number of methoxy groups -OCH3 is 1. The number of aryl methyl sites for hydroxylation is 4. The maximum atomic E-state index is 14.0. The fourth-order valence-corrected chi connectivity index (χ4v) is 5.23. The average molecular weight is 544 g/mol. The molecule has 0 saturated heterocycles. The van der Waals surface area contributed by atoms with Crippen molar-refractivity contribution >= 4 is 11.6 Å². The zero-order valence-electron chi connectivity index (χ0n) is 23.4. The first-order valence-corrected chi connectivity index (χ1v) is 13.3. The molecule has 1 amide bonds. The van der Waals surface area contributed by atoms with Crippen LogP contribution in [0.1, 0.15) is 39.9 Å². The molecule has 5 rings (SSSR count). The molecule has 40 heavy (non-hydrogen) atoms. The fraction of sp³-hybridized carbons (Fsp3) is 0.333. The van der Waals surface area contributed by atoms with Crippen LogP contribution in [0, 0.1) is 20.8 Å². The standard InChI is InChI=1S/C30H33N5O5/c1-6-39-25-15-21-7-10-34-23(22(21)16-24(25)38-5)17-26(33-27-19(3)13-18(2)14-20(27)4)35(30(34)37)11-8-31-28(36)29-32-9-12-40-29/h9,12-17H,6-8,10-11H2,1-5H3,(H,31,36)/b33-26+. The quantitative estimate of drug-likeness (QED) is 0.361. The van der Waals surface area contributed by atoms with E-state index in [-0.39, 0.29) is 24.7 Å². The minimum Gasteiger partial charge on any atom is -0.493 e. The predicted molar refractivity (Wildman–Crippen MR) is 150 cm³/mol. The molecule has 10 nitrogen and oxygen atoms in total. The predicted octanol–water partition coefficient (Wildman–Crippen LogP) is 3.86. The van der Waals surface area contributed by atoms with Crippen molar-refractivity contribution in [3.8, 4) is 22.8 Å². The first-order valence-electron chi connectivity index (χ1n) is 13.3. The Kier molecular flexibility index (Phi) is 7.59. The highest BCUT2D eigenvalue weighted by Gasteiger charge is 2.23. The van der Waals surface area contributed by atoms with E-state index < -0.39 is 5.91 Å². The second kappa shape index (κ2) is 11.3. The van der Waals surface area contributed by atoms with Crippen molar-refractivity contribution in [1.29, 1.82) is 0 Å². The van der Waals surface area contributed by atoms with Gasteiger partial charge in [0.2, 0.25) is 0 Å². The number of hydrogen-bond acceptors (Lipinski definition) is 7. The van der Waals surface area contributed by atoms with Gasteiger partial charge in [0, 0.05) is 31.3 Å². The Bertz CT molecular complexity index is 1680. The van der Waals surface area contributed by atoms with Gasteiger partial charge < -0.3 is 19.2 Å². The molecular formula is C30H33N5O5. The number of carbonyl (C=O) groups is 1. The Morgan fingerprint density at radius 2 is 1.90 bits per heavy atom. The van der Waals surface area contributed by atoms with Crippen molar-refractivity contribution in [3.05, 3.63) is 86.9 Å². The molecule has 208 valence electrons. The molecule has 1 aliphatic rings. The summed E-state index contributed by atoms with van der Waals surface area (Å²) in [5.41, 5.74) is 7.02. The van der Waals surface area contributed by atoms with Crippen LogP contribution in [0.3, 0.4) is 0 Å². The van der Waals surface area contributed by atoms with Gasteiger partial charge in [-0.25, -0.2) is 14.8 Å². The summed E-state index contributed by atoms with van der Waals surface area (Å²) in [6.07, 6.45) is 3.42. The summed E-state index contributed by atoms with van der Waals surface area (Å²) in [5.74, 6) is 0.817. The first kappa shape index (κ1) is 27.0. The highest BCUT2D eigenvalue weighted by Crippen LogP contribution is 2.37. The van der Waals surface area contributed by atoms with Crippen molar-refractivity contribution in [2.24, 2.45) is 4.99 Å². The van der Waals surface area contributed by atoms with Gasteiger partial charge in [-0.2, -0.15) is 0 Å². The van der Waals surface area contributed by atoms with E-state index >= 15 is 0 Å². The number of ether oxygens (including phenoxy) is 2. The van der Waals surface area contributed by atoms with Crippen molar-refractivity contribution in [3.63, 3.8) is 0 Å². The largest absolute Gasteiger partial charge is 0.493 e. The van der Waals surface area contributed by atoms with Gasteiger partial charge in [0.1, 0.15) is 11.8 Å². The number of fused-ring (bicyclic) bond motifs is 3. The van der Waals surface area contributed by atoms with E-state index in [1.165, 1.54) is 12.5 Å². The van der Waals surface area contributed by atoms with Crippen molar-refractivity contribution in [1.82, 2.24) is 19.4 Å². The minimum atomic E-state index is -0.446. The summed E-state index contributed by atoms with van der Waals surface area (Å²) in [6, 6.07) is 10.0. The molecular weight excluding hydrogens is 510 g/mol. The Morgan fingerprint density at radius 3 is 2.58 bits per heavy atom. The molecule has 0 fully saturated rings. The molecule has 0 unspecified atom stereocenters. The van der Waals surface area contributed by atoms with Crippen LogP contribution < -0.4 is 26.0 Å². The Hall–Kier alpha value is -4.60. The normalized spacial score (nSPS) is 12.6. The van der Waals surface area contributed by atoms with Gasteiger partial charge in [0.15, 0.2) is 11.5 Å². The van der Waals surface area contributed by atoms with Gasteiger partial charge in [-0.15, -0.1) is 0 Å². The van der Waals surface area contributed by atoms with Crippen LogP contribution in [0.15, 0.2) is 57.0 Å². The van der Waals surface area contributed by atoms with Gasteiger partial charge in [-0.05, 0) is 62.9 Å². The Balaban J connectivity index is 1.64. The average Bonchev–Trinajstić information content (AvgIpc) is 3.47. The highest BCUT2D eigenvalue weighted by molar-refractivity contribution is 5.89. The molecule has 10 heteroatoms. The number of rotatable bonds is 8. The number of benzene rings is 2. The SMILES string of the molecule is CCOc1cc2c(cc1OC)-c1c/c(=N\c3c(C)cc(C)cc3C)n(CCNC(=O)c3ncco3)c(=O)n1CC2. The third-order valence-corrected chi connectivity index (χ3v) is 6.97. The minimum absolute atomic E-state index is 0.0278. The van der Waals surface area contributed by atoms with Crippen LogP contribution in [0.2, 0.25) is 0 Å². The van der Waals surface area contributed by atoms with E-state index in [2.05, 4.69) is 22.4 Å². The summed E-state index contributed by atoms with van der Waals surface area (Å²) in [5, 5.41) is 2.77. The molecule has 0 spiro atoms. The molecule has 3 heterocycles. The first-order chi connectivity index (χ1) is 19.3. The molecule has 0 atom stereocenters. The summed E-state index contributed by atoms with van der Waals surface area (Å²) >= 11 is 0. The zero-order valence-corrected chi connectivity index (χ0v) is 23.4. The van der Waals surface area contributed by atoms with Gasteiger partial charge in [-0.3, -0.25) is 13.9 Å². The summed E-state index contributed by atoms with van der Waals surface area (Å²) in [4.78, 5) is 35.2. The number of carbonyl (C=O) groups excluding carboxylic acids is 1. The van der Waals surface area contributed by atoms with E-state index in [9.17, 15) is 9.59 Å². The van der Waals surface area contributed by atoms with Gasteiger partial charge in [0.05, 0.1) is 31.3 Å². The lowest BCUT2D eigenvalue weighted by Gasteiger charge is -2.25. The third kappa shape index (κ3) is 5.16. The van der Waals surface area contributed by atoms with Crippen LogP contribution in [0.5, 0.6) is 11.5 Å². The third-order valence-electron chi connectivity index (χ3n) is 6.97. The van der Waals surface area contributed by atoms with Crippen LogP contribution in [-0.2, 0) is 19.5 Å². The van der Waals surface area contributed by atoms with Crippen molar-refractivity contribution < 1.29 is 18.7 Å². The molecule has 1 N–H and O–H groups in total. The number of hydrogen-bond donors (Lipinski definition) is 1. The maximum absolute atomic E-state index is 14.0. The maximum Gasteiger partial charge on any atom is 0.330 e. The van der Waals surface area contributed by atoms with Crippen molar-refractivity contribution in [2.45, 2.75) is 47.2 Å². The van der Waals surface area contributed by atoms with Crippen molar-refractivity contribution in [2.75, 3.05) is 20.3 Å². The van der Waals surface area contributed by atoms with Crippen LogP contribution in [0.4, 0.5) is 5.69 Å². The molecule has 0 radical (unpaired) electrons. The second-order valence-corrected chi connectivity index (χ2v) is 9.77. The molecule has 1 aliphatic heterocycles. The lowest BCUT2D eigenvalue weighted by molar-refractivity contribution is 0.0917. The molecule has 2 aromatic heterocycles. The lowest BCUT2D eigenvalue weighted by atomic mass is 9.97. The van der Waals surface area contributed by atoms with Gasteiger partial charge in [0.25, 0.3) is 5.89 Å². The molecule has 4 aromatic rings. The summed E-state index contributed by atoms with van der Waals surface area (Å²) in [7, 11) is 1.61. The number of aromatic nitrogens is 3. The van der Waals surface area contributed by atoms with E-state index in [0.717, 1.165) is 39.2 Å². The second-order valence-electron chi connectivity index (χ2n) is 9.77. The zero-order chi connectivity index (χ0) is 28.4. The van der Waals surface area contributed by atoms with E-state index in [1.807, 2.05) is 45.9 Å². The number of oxazole rings is 1.